The minimum absolute atomic E-state index is 0. The average Bonchev–Trinajstić information content (AvgIpc) is 2.75. The molecule has 0 unspecified atom stereocenters. The van der Waals surface area contributed by atoms with Crippen LogP contribution in [-0.4, -0.2) is 13.0 Å². The van der Waals surface area contributed by atoms with Gasteiger partial charge in [0.25, 0.3) is 10.1 Å². The molecule has 0 amide bonds. The van der Waals surface area contributed by atoms with Crippen molar-refractivity contribution in [1.82, 2.24) is 0 Å². The van der Waals surface area contributed by atoms with E-state index in [0.29, 0.717) is 12.0 Å². The number of benzene rings is 2. The van der Waals surface area contributed by atoms with Crippen molar-refractivity contribution < 1.29 is 74.2 Å². The first-order valence-corrected chi connectivity index (χ1v) is 13.4. The standard InChI is InChI=1S/C26H38O5S.K/c1-2-3-4-5-6-7-8-9-10-11-12-13-17-22-18-16-21-25(26(22)32(28,29)30)31-24-20-15-14-19-23(24)27;/h14-16,18-21,27H,2-13,17H2,1H3,(H,28,29,30);/q;+1/p-1. The summed E-state index contributed by atoms with van der Waals surface area (Å²) in [5.74, 6) is -0.340. The zero-order chi connectivity index (χ0) is 23.2. The van der Waals surface area contributed by atoms with E-state index in [1.807, 2.05) is 0 Å². The van der Waals surface area contributed by atoms with Gasteiger partial charge in [0, 0.05) is 0 Å². The fourth-order valence-electron chi connectivity index (χ4n) is 3.94. The van der Waals surface area contributed by atoms with Crippen LogP contribution in [0.1, 0.15) is 89.5 Å². The van der Waals surface area contributed by atoms with Crippen molar-refractivity contribution in [3.63, 3.8) is 0 Å². The van der Waals surface area contributed by atoms with Crippen LogP contribution in [0.15, 0.2) is 47.4 Å². The second-order valence-corrected chi connectivity index (χ2v) is 9.77. The summed E-state index contributed by atoms with van der Waals surface area (Å²) < 4.78 is 39.5. The Balaban J connectivity index is 0.00000544. The van der Waals surface area contributed by atoms with E-state index in [2.05, 4.69) is 6.92 Å². The molecule has 0 saturated heterocycles. The number of hydrogen-bond donors (Lipinski definition) is 1. The van der Waals surface area contributed by atoms with Crippen molar-refractivity contribution in [2.45, 2.75) is 95.3 Å². The van der Waals surface area contributed by atoms with E-state index in [1.165, 1.54) is 76.0 Å². The summed E-state index contributed by atoms with van der Waals surface area (Å²) in [6, 6.07) is 10.9. The zero-order valence-electron chi connectivity index (χ0n) is 20.2. The molecular formula is C26H37KO5S. The molecule has 33 heavy (non-hydrogen) atoms. The van der Waals surface area contributed by atoms with Crippen molar-refractivity contribution >= 4 is 10.1 Å². The summed E-state index contributed by atoms with van der Waals surface area (Å²) in [7, 11) is -4.49. The number of ether oxygens (including phenoxy) is 1. The van der Waals surface area contributed by atoms with E-state index >= 15 is 0 Å². The number of para-hydroxylation sites is 2. The van der Waals surface area contributed by atoms with Crippen molar-refractivity contribution in [2.75, 3.05) is 0 Å². The summed E-state index contributed by atoms with van der Waals surface area (Å²) >= 11 is 0. The molecule has 0 fully saturated rings. The van der Waals surface area contributed by atoms with E-state index in [4.69, 9.17) is 4.74 Å². The molecule has 2 aromatic rings. The van der Waals surface area contributed by atoms with Gasteiger partial charge in [0.05, 0.1) is 0 Å². The molecule has 1 N–H and O–H groups in total. The third kappa shape index (κ3) is 11.7. The molecule has 0 aliphatic heterocycles. The van der Waals surface area contributed by atoms with Crippen molar-refractivity contribution in [3.8, 4) is 17.2 Å². The van der Waals surface area contributed by atoms with Gasteiger partial charge in [0.15, 0.2) is 0 Å². The Kier molecular flexibility index (Phi) is 15.9. The molecule has 2 rings (SSSR count). The van der Waals surface area contributed by atoms with E-state index in [-0.39, 0.29) is 73.5 Å². The Bertz CT molecular complexity index is 915. The van der Waals surface area contributed by atoms with E-state index in [0.717, 1.165) is 19.3 Å². The molecule has 0 heterocycles. The molecule has 0 bridgehead atoms. The molecular weight excluding hydrogens is 463 g/mol. The minimum Gasteiger partial charge on any atom is -0.870 e. The Hall–Kier alpha value is -0.414. The first kappa shape index (κ1) is 30.6. The van der Waals surface area contributed by atoms with Crippen LogP contribution in [0.3, 0.4) is 0 Å². The molecule has 5 nitrogen and oxygen atoms in total. The van der Waals surface area contributed by atoms with Crippen LogP contribution >= 0.6 is 0 Å². The van der Waals surface area contributed by atoms with Gasteiger partial charge in [-0.3, -0.25) is 4.55 Å². The largest absolute Gasteiger partial charge is 1.00 e. The maximum absolute atomic E-state index is 12.1. The monoisotopic (exact) mass is 500 g/mol. The normalized spacial score (nSPS) is 11.2. The Morgan fingerprint density at radius 1 is 0.758 bits per heavy atom. The quantitative estimate of drug-likeness (QED) is 0.213. The van der Waals surface area contributed by atoms with Crippen LogP contribution in [0.4, 0.5) is 0 Å². The van der Waals surface area contributed by atoms with E-state index in [1.54, 1.807) is 24.3 Å². The molecule has 7 heteroatoms. The zero-order valence-corrected chi connectivity index (χ0v) is 24.2. The van der Waals surface area contributed by atoms with Gasteiger partial charge in [-0.15, -0.1) is 0 Å². The maximum Gasteiger partial charge on any atom is 1.00 e. The molecule has 0 atom stereocenters. The summed E-state index contributed by atoms with van der Waals surface area (Å²) in [6.45, 7) is 2.24. The second kappa shape index (κ2) is 17.1. The fourth-order valence-corrected chi connectivity index (χ4v) is 4.81. The molecule has 0 aliphatic rings. The third-order valence-corrected chi connectivity index (χ3v) is 6.67. The molecule has 0 spiro atoms. The molecule has 0 aliphatic carbocycles. The average molecular weight is 501 g/mol. The number of aryl methyl sites for hydroxylation is 1. The summed E-state index contributed by atoms with van der Waals surface area (Å²) in [4.78, 5) is -0.244. The number of hydrogen-bond acceptors (Lipinski definition) is 4. The van der Waals surface area contributed by atoms with Crippen LogP contribution in [0.25, 0.3) is 0 Å². The van der Waals surface area contributed by atoms with Gasteiger partial charge in [-0.2, -0.15) is 8.42 Å². The topological polar surface area (TPSA) is 86.7 Å². The van der Waals surface area contributed by atoms with Gasteiger partial charge in [-0.25, -0.2) is 0 Å². The van der Waals surface area contributed by atoms with Crippen molar-refractivity contribution in [1.29, 1.82) is 0 Å². The summed E-state index contributed by atoms with van der Waals surface area (Å²) in [5.41, 5.74) is 0.514. The Morgan fingerprint density at radius 2 is 1.27 bits per heavy atom. The summed E-state index contributed by atoms with van der Waals surface area (Å²) in [6.07, 6.45) is 15.2. The third-order valence-electron chi connectivity index (χ3n) is 5.69. The molecule has 178 valence electrons. The van der Waals surface area contributed by atoms with Gasteiger partial charge in [0.2, 0.25) is 0 Å². The first-order valence-electron chi connectivity index (χ1n) is 12.0. The number of unbranched alkanes of at least 4 members (excludes halogenated alkanes) is 11. The predicted octanol–water partition coefficient (Wildman–Crippen LogP) is 4.05. The van der Waals surface area contributed by atoms with Crippen molar-refractivity contribution in [3.05, 3.63) is 48.0 Å². The van der Waals surface area contributed by atoms with Gasteiger partial charge in [0.1, 0.15) is 16.4 Å². The van der Waals surface area contributed by atoms with Crippen LogP contribution in [-0.2, 0) is 16.5 Å². The van der Waals surface area contributed by atoms with E-state index < -0.39 is 10.1 Å². The van der Waals surface area contributed by atoms with Gasteiger partial charge < -0.3 is 9.84 Å². The van der Waals surface area contributed by atoms with Crippen molar-refractivity contribution in [2.24, 2.45) is 0 Å². The smallest absolute Gasteiger partial charge is 0.870 e. The Morgan fingerprint density at radius 3 is 1.82 bits per heavy atom. The van der Waals surface area contributed by atoms with Crippen LogP contribution in [0.5, 0.6) is 17.2 Å². The predicted molar refractivity (Wildman–Crippen MR) is 127 cm³/mol. The molecule has 0 radical (unpaired) electrons. The molecule has 0 aromatic heterocycles. The SMILES string of the molecule is CCCCCCCCCCCCCCc1cccc(Oc2ccccc2[O-])c1S(=O)(=O)O.[K+]. The molecule has 0 saturated carbocycles. The minimum atomic E-state index is -4.49. The Labute approximate surface area is 242 Å². The fraction of sp³-hybridized carbons (Fsp3) is 0.538. The first-order chi connectivity index (χ1) is 15.4. The van der Waals surface area contributed by atoms with Crippen LogP contribution in [0.2, 0.25) is 0 Å². The number of rotatable bonds is 16. The van der Waals surface area contributed by atoms with E-state index in [9.17, 15) is 18.1 Å². The van der Waals surface area contributed by atoms with Gasteiger partial charge in [-0.05, 0) is 30.5 Å². The summed E-state index contributed by atoms with van der Waals surface area (Å²) in [5, 5.41) is 11.9. The van der Waals surface area contributed by atoms with Gasteiger partial charge in [-0.1, -0.05) is 114 Å². The maximum atomic E-state index is 12.1. The second-order valence-electron chi connectivity index (χ2n) is 8.41. The van der Waals surface area contributed by atoms with Crippen LogP contribution in [0, 0.1) is 0 Å². The molecule has 2 aromatic carbocycles. The van der Waals surface area contributed by atoms with Gasteiger partial charge >= 0.3 is 51.4 Å². The van der Waals surface area contributed by atoms with Crippen LogP contribution < -0.4 is 61.2 Å².